The highest BCUT2D eigenvalue weighted by Gasteiger charge is 2.22. The molecule has 1 amide bonds. The van der Waals surface area contributed by atoms with Crippen LogP contribution in [0.25, 0.3) is 0 Å². The van der Waals surface area contributed by atoms with E-state index in [-0.39, 0.29) is 11.9 Å². The maximum Gasteiger partial charge on any atom is 0.412 e. The van der Waals surface area contributed by atoms with Gasteiger partial charge in [-0.2, -0.15) is 0 Å². The Balaban J connectivity index is 1.93. The summed E-state index contributed by atoms with van der Waals surface area (Å²) >= 11 is 0. The minimum atomic E-state index is -0.622. The van der Waals surface area contributed by atoms with E-state index in [2.05, 4.69) is 5.32 Å². The van der Waals surface area contributed by atoms with Crippen molar-refractivity contribution in [3.8, 4) is 5.75 Å². The van der Waals surface area contributed by atoms with Crippen LogP contribution in [0.1, 0.15) is 0 Å². The molecule has 0 aromatic heterocycles. The molecule has 92 valence electrons. The number of carbonyl (C=O) groups is 1. The van der Waals surface area contributed by atoms with E-state index in [0.717, 1.165) is 6.07 Å². The Kier molecular flexibility index (Phi) is 3.43. The van der Waals surface area contributed by atoms with Gasteiger partial charge in [0.1, 0.15) is 0 Å². The number of halogens is 1. The van der Waals surface area contributed by atoms with Gasteiger partial charge in [-0.25, -0.2) is 9.18 Å². The van der Waals surface area contributed by atoms with Crippen molar-refractivity contribution in [3.05, 3.63) is 24.0 Å². The van der Waals surface area contributed by atoms with Crippen molar-refractivity contribution in [2.45, 2.75) is 6.10 Å². The molecule has 1 fully saturated rings. The quantitative estimate of drug-likeness (QED) is 0.876. The SMILES string of the molecule is COc1ccc(NC(=O)OC2COC2)cc1F. The molecule has 17 heavy (non-hydrogen) atoms. The molecule has 0 spiro atoms. The molecule has 0 atom stereocenters. The van der Waals surface area contributed by atoms with Gasteiger partial charge in [-0.15, -0.1) is 0 Å². The van der Waals surface area contributed by atoms with Gasteiger partial charge in [0.15, 0.2) is 17.7 Å². The van der Waals surface area contributed by atoms with Crippen molar-refractivity contribution < 1.29 is 23.4 Å². The standard InChI is InChI=1S/C11H12FNO4/c1-15-10-3-2-7(4-9(10)12)13-11(14)17-8-5-16-6-8/h2-4,8H,5-6H2,1H3,(H,13,14). The van der Waals surface area contributed by atoms with E-state index in [9.17, 15) is 9.18 Å². The van der Waals surface area contributed by atoms with Crippen LogP contribution in [-0.4, -0.2) is 32.5 Å². The molecule has 1 aliphatic heterocycles. The molecular weight excluding hydrogens is 229 g/mol. The number of methoxy groups -OCH3 is 1. The van der Waals surface area contributed by atoms with Gasteiger partial charge >= 0.3 is 6.09 Å². The van der Waals surface area contributed by atoms with Crippen LogP contribution in [0.5, 0.6) is 5.75 Å². The number of anilines is 1. The molecular formula is C11H12FNO4. The van der Waals surface area contributed by atoms with Crippen LogP contribution < -0.4 is 10.1 Å². The van der Waals surface area contributed by atoms with Crippen LogP contribution in [0, 0.1) is 5.82 Å². The second-order valence-electron chi connectivity index (χ2n) is 3.54. The maximum absolute atomic E-state index is 13.3. The summed E-state index contributed by atoms with van der Waals surface area (Å²) in [6.45, 7) is 0.814. The first-order chi connectivity index (χ1) is 8.19. The number of hydrogen-bond acceptors (Lipinski definition) is 4. The fraction of sp³-hybridized carbons (Fsp3) is 0.364. The van der Waals surface area contributed by atoms with Crippen molar-refractivity contribution >= 4 is 11.8 Å². The van der Waals surface area contributed by atoms with Crippen molar-refractivity contribution in [3.63, 3.8) is 0 Å². The van der Waals surface area contributed by atoms with E-state index in [1.807, 2.05) is 0 Å². The minimum Gasteiger partial charge on any atom is -0.494 e. The van der Waals surface area contributed by atoms with Gasteiger partial charge in [0.2, 0.25) is 0 Å². The zero-order chi connectivity index (χ0) is 12.3. The van der Waals surface area contributed by atoms with E-state index in [4.69, 9.17) is 14.2 Å². The van der Waals surface area contributed by atoms with Gasteiger partial charge in [0.25, 0.3) is 0 Å². The number of hydrogen-bond donors (Lipinski definition) is 1. The number of benzene rings is 1. The molecule has 1 aliphatic rings. The van der Waals surface area contributed by atoms with E-state index in [0.29, 0.717) is 18.9 Å². The Morgan fingerprint density at radius 1 is 1.53 bits per heavy atom. The predicted octanol–water partition coefficient (Wildman–Crippen LogP) is 1.78. The van der Waals surface area contributed by atoms with Crippen LogP contribution in [0.4, 0.5) is 14.9 Å². The first-order valence-electron chi connectivity index (χ1n) is 5.08. The number of nitrogens with one attached hydrogen (secondary N) is 1. The van der Waals surface area contributed by atoms with Crippen molar-refractivity contribution in [1.29, 1.82) is 0 Å². The summed E-state index contributed by atoms with van der Waals surface area (Å²) in [6.07, 6.45) is -0.832. The average Bonchev–Trinajstić information content (AvgIpc) is 2.24. The number of rotatable bonds is 3. The largest absolute Gasteiger partial charge is 0.494 e. The minimum absolute atomic E-state index is 0.122. The van der Waals surface area contributed by atoms with E-state index < -0.39 is 11.9 Å². The zero-order valence-electron chi connectivity index (χ0n) is 9.23. The van der Waals surface area contributed by atoms with Crippen molar-refractivity contribution in [2.24, 2.45) is 0 Å². The highest BCUT2D eigenvalue weighted by atomic mass is 19.1. The van der Waals surface area contributed by atoms with Crippen LogP contribution in [-0.2, 0) is 9.47 Å². The zero-order valence-corrected chi connectivity index (χ0v) is 9.23. The lowest BCUT2D eigenvalue weighted by atomic mass is 10.3. The third-order valence-corrected chi connectivity index (χ3v) is 2.28. The molecule has 1 saturated heterocycles. The highest BCUT2D eigenvalue weighted by molar-refractivity contribution is 5.84. The summed E-state index contributed by atoms with van der Waals surface area (Å²) in [5, 5.41) is 2.42. The van der Waals surface area contributed by atoms with Crippen LogP contribution in [0.2, 0.25) is 0 Å². The molecule has 1 heterocycles. The van der Waals surface area contributed by atoms with E-state index in [1.54, 1.807) is 0 Å². The monoisotopic (exact) mass is 241 g/mol. The van der Waals surface area contributed by atoms with Gasteiger partial charge in [-0.05, 0) is 12.1 Å². The van der Waals surface area contributed by atoms with Gasteiger partial charge < -0.3 is 14.2 Å². The van der Waals surface area contributed by atoms with Crippen LogP contribution in [0.3, 0.4) is 0 Å². The number of amides is 1. The molecule has 1 aromatic carbocycles. The first-order valence-corrected chi connectivity index (χ1v) is 5.08. The molecule has 2 rings (SSSR count). The Hall–Kier alpha value is -1.82. The number of carbonyl (C=O) groups excluding carboxylic acids is 1. The predicted molar refractivity (Wildman–Crippen MR) is 57.7 cm³/mol. The average molecular weight is 241 g/mol. The summed E-state index contributed by atoms with van der Waals surface area (Å²) in [5.41, 5.74) is 0.313. The lowest BCUT2D eigenvalue weighted by molar-refractivity contribution is -0.0951. The summed E-state index contributed by atoms with van der Waals surface area (Å²) in [7, 11) is 1.37. The Bertz CT molecular complexity index is 420. The first kappa shape index (κ1) is 11.7. The smallest absolute Gasteiger partial charge is 0.412 e. The van der Waals surface area contributed by atoms with Crippen LogP contribution in [0.15, 0.2) is 18.2 Å². The van der Waals surface area contributed by atoms with Crippen molar-refractivity contribution in [1.82, 2.24) is 0 Å². The summed E-state index contributed by atoms with van der Waals surface area (Å²) in [4.78, 5) is 11.3. The fourth-order valence-electron chi connectivity index (χ4n) is 1.32. The molecule has 0 radical (unpaired) electrons. The lowest BCUT2D eigenvalue weighted by Gasteiger charge is -2.25. The normalized spacial score (nSPS) is 14.9. The third kappa shape index (κ3) is 2.85. The molecule has 6 heteroatoms. The van der Waals surface area contributed by atoms with E-state index >= 15 is 0 Å². The second kappa shape index (κ2) is 5.01. The Labute approximate surface area is 97.5 Å². The van der Waals surface area contributed by atoms with Crippen molar-refractivity contribution in [2.75, 3.05) is 25.6 Å². The topological polar surface area (TPSA) is 56.8 Å². The molecule has 1 N–H and O–H groups in total. The molecule has 5 nitrogen and oxygen atoms in total. The highest BCUT2D eigenvalue weighted by Crippen LogP contribution is 2.20. The Morgan fingerprint density at radius 3 is 2.82 bits per heavy atom. The molecule has 0 aliphatic carbocycles. The third-order valence-electron chi connectivity index (χ3n) is 2.28. The fourth-order valence-corrected chi connectivity index (χ4v) is 1.32. The number of ether oxygens (including phenoxy) is 3. The lowest BCUT2D eigenvalue weighted by Crippen LogP contribution is -2.38. The molecule has 1 aromatic rings. The summed E-state index contributed by atoms with van der Waals surface area (Å²) < 4.78 is 27.9. The van der Waals surface area contributed by atoms with E-state index in [1.165, 1.54) is 19.2 Å². The van der Waals surface area contributed by atoms with Gasteiger partial charge in [-0.3, -0.25) is 5.32 Å². The maximum atomic E-state index is 13.3. The summed E-state index contributed by atoms with van der Waals surface area (Å²) in [5.74, 6) is -0.423. The molecule has 0 bridgehead atoms. The molecule has 0 unspecified atom stereocenters. The van der Waals surface area contributed by atoms with Gasteiger partial charge in [-0.1, -0.05) is 0 Å². The second-order valence-corrected chi connectivity index (χ2v) is 3.54. The summed E-state index contributed by atoms with van der Waals surface area (Å²) in [6, 6.07) is 4.12. The van der Waals surface area contributed by atoms with Crippen LogP contribution >= 0.6 is 0 Å². The van der Waals surface area contributed by atoms with Gasteiger partial charge in [0.05, 0.1) is 20.3 Å². The molecule has 0 saturated carbocycles. The Morgan fingerprint density at radius 2 is 2.29 bits per heavy atom. The van der Waals surface area contributed by atoms with Gasteiger partial charge in [0, 0.05) is 11.8 Å².